The largest absolute Gasteiger partial charge is 0.507 e. The minimum Gasteiger partial charge on any atom is -0.507 e. The summed E-state index contributed by atoms with van der Waals surface area (Å²) in [5.41, 5.74) is 6.17. The molecule has 2 rings (SSSR count). The first-order valence-corrected chi connectivity index (χ1v) is 4.64. The molecule has 0 atom stereocenters. The number of halogens is 1. The van der Waals surface area contributed by atoms with Crippen LogP contribution in [0.2, 0.25) is 0 Å². The molecule has 13 heavy (non-hydrogen) atoms. The Balaban J connectivity index is 2.94. The van der Waals surface area contributed by atoms with Crippen molar-refractivity contribution in [1.29, 1.82) is 0 Å². The van der Waals surface area contributed by atoms with E-state index in [1.54, 1.807) is 6.07 Å². The Bertz CT molecular complexity index is 468. The van der Waals surface area contributed by atoms with Gasteiger partial charge in [-0.2, -0.15) is 0 Å². The topological polar surface area (TPSA) is 46.2 Å². The van der Waals surface area contributed by atoms with Crippen molar-refractivity contribution in [3.63, 3.8) is 0 Å². The molecule has 2 aromatic carbocycles. The van der Waals surface area contributed by atoms with E-state index >= 15 is 0 Å². The van der Waals surface area contributed by atoms with Gasteiger partial charge >= 0.3 is 0 Å². The molecule has 0 radical (unpaired) electrons. The standard InChI is InChI=1S/C10H8BrNO/c11-8-3-1-2-6-4-7(12)5-9(13)10(6)8/h1-5,13H,12H2. The lowest BCUT2D eigenvalue weighted by molar-refractivity contribution is 0.482. The molecule has 3 heteroatoms. The number of phenolic OH excluding ortho intramolecular Hbond substituents is 1. The van der Waals surface area contributed by atoms with Crippen LogP contribution in [0.3, 0.4) is 0 Å². The number of rotatable bonds is 0. The minimum absolute atomic E-state index is 0.211. The summed E-state index contributed by atoms with van der Waals surface area (Å²) in [6, 6.07) is 9.09. The minimum atomic E-state index is 0.211. The van der Waals surface area contributed by atoms with Gasteiger partial charge in [-0.15, -0.1) is 0 Å². The zero-order valence-electron chi connectivity index (χ0n) is 6.79. The van der Waals surface area contributed by atoms with Crippen LogP contribution >= 0.6 is 15.9 Å². The van der Waals surface area contributed by atoms with Gasteiger partial charge in [0.2, 0.25) is 0 Å². The molecular formula is C10H8BrNO. The monoisotopic (exact) mass is 237 g/mol. The molecule has 0 heterocycles. The van der Waals surface area contributed by atoms with Crippen LogP contribution in [0, 0.1) is 0 Å². The number of benzene rings is 2. The predicted octanol–water partition coefficient (Wildman–Crippen LogP) is 2.89. The summed E-state index contributed by atoms with van der Waals surface area (Å²) in [5, 5.41) is 11.4. The van der Waals surface area contributed by atoms with Gasteiger partial charge in [-0.05, 0) is 17.5 Å². The van der Waals surface area contributed by atoms with Gasteiger partial charge in [-0.3, -0.25) is 0 Å². The van der Waals surface area contributed by atoms with Crippen LogP contribution in [0.5, 0.6) is 5.75 Å². The van der Waals surface area contributed by atoms with Crippen molar-refractivity contribution in [2.45, 2.75) is 0 Å². The SMILES string of the molecule is Nc1cc(O)c2c(Br)cccc2c1. The Morgan fingerprint density at radius 2 is 2.00 bits per heavy atom. The van der Waals surface area contributed by atoms with Gasteiger partial charge in [-0.25, -0.2) is 0 Å². The molecule has 0 aliphatic rings. The van der Waals surface area contributed by atoms with Crippen molar-refractivity contribution in [2.75, 3.05) is 5.73 Å². The Kier molecular flexibility index (Phi) is 1.88. The molecule has 0 saturated carbocycles. The van der Waals surface area contributed by atoms with E-state index in [2.05, 4.69) is 15.9 Å². The first kappa shape index (κ1) is 8.38. The van der Waals surface area contributed by atoms with E-state index in [0.29, 0.717) is 5.69 Å². The van der Waals surface area contributed by atoms with Crippen LogP contribution in [-0.2, 0) is 0 Å². The van der Waals surface area contributed by atoms with Crippen LogP contribution in [0.1, 0.15) is 0 Å². The van der Waals surface area contributed by atoms with Crippen molar-refractivity contribution < 1.29 is 5.11 Å². The van der Waals surface area contributed by atoms with Crippen LogP contribution in [0.4, 0.5) is 5.69 Å². The quantitative estimate of drug-likeness (QED) is 0.693. The van der Waals surface area contributed by atoms with Crippen molar-refractivity contribution >= 4 is 32.4 Å². The molecule has 3 N–H and O–H groups in total. The maximum atomic E-state index is 9.62. The third-order valence-electron chi connectivity index (χ3n) is 1.93. The highest BCUT2D eigenvalue weighted by atomic mass is 79.9. The molecule has 0 aliphatic carbocycles. The van der Waals surface area contributed by atoms with E-state index in [1.807, 2.05) is 24.3 Å². The Labute approximate surface area is 84.1 Å². The second-order valence-electron chi connectivity index (χ2n) is 2.88. The summed E-state index contributed by atoms with van der Waals surface area (Å²) in [6.45, 7) is 0. The predicted molar refractivity (Wildman–Crippen MR) is 57.7 cm³/mol. The summed E-state index contributed by atoms with van der Waals surface area (Å²) in [5.74, 6) is 0.211. The van der Waals surface area contributed by atoms with Crippen molar-refractivity contribution in [2.24, 2.45) is 0 Å². The molecule has 2 nitrogen and oxygen atoms in total. The average molecular weight is 238 g/mol. The van der Waals surface area contributed by atoms with Gasteiger partial charge < -0.3 is 10.8 Å². The Morgan fingerprint density at radius 3 is 2.77 bits per heavy atom. The summed E-state index contributed by atoms with van der Waals surface area (Å²) >= 11 is 3.37. The van der Waals surface area contributed by atoms with Gasteiger partial charge in [0, 0.05) is 21.6 Å². The van der Waals surface area contributed by atoms with Crippen LogP contribution in [0.25, 0.3) is 10.8 Å². The number of anilines is 1. The summed E-state index contributed by atoms with van der Waals surface area (Å²) < 4.78 is 0.877. The number of hydrogen-bond acceptors (Lipinski definition) is 2. The highest BCUT2D eigenvalue weighted by Crippen LogP contribution is 2.33. The first-order chi connectivity index (χ1) is 6.18. The molecule has 66 valence electrons. The van der Waals surface area contributed by atoms with Crippen molar-refractivity contribution in [3.05, 3.63) is 34.8 Å². The van der Waals surface area contributed by atoms with E-state index < -0.39 is 0 Å². The number of fused-ring (bicyclic) bond motifs is 1. The number of aromatic hydroxyl groups is 1. The van der Waals surface area contributed by atoms with Gasteiger partial charge in [0.15, 0.2) is 0 Å². The molecule has 0 aromatic heterocycles. The van der Waals surface area contributed by atoms with Crippen LogP contribution in [-0.4, -0.2) is 5.11 Å². The lowest BCUT2D eigenvalue weighted by atomic mass is 10.1. The third kappa shape index (κ3) is 1.35. The van der Waals surface area contributed by atoms with Gasteiger partial charge in [0.05, 0.1) is 0 Å². The molecule has 0 aliphatic heterocycles. The zero-order chi connectivity index (χ0) is 9.42. The van der Waals surface area contributed by atoms with E-state index in [4.69, 9.17) is 5.73 Å². The summed E-state index contributed by atoms with van der Waals surface area (Å²) in [6.07, 6.45) is 0. The molecule has 2 aromatic rings. The fourth-order valence-corrected chi connectivity index (χ4v) is 1.97. The maximum Gasteiger partial charge on any atom is 0.126 e. The van der Waals surface area contributed by atoms with Crippen LogP contribution < -0.4 is 5.73 Å². The lowest BCUT2D eigenvalue weighted by Gasteiger charge is -2.04. The molecular weight excluding hydrogens is 230 g/mol. The van der Waals surface area contributed by atoms with E-state index in [-0.39, 0.29) is 5.75 Å². The number of nitrogens with two attached hydrogens (primary N) is 1. The second kappa shape index (κ2) is 2.92. The maximum absolute atomic E-state index is 9.62. The molecule has 0 bridgehead atoms. The Hall–Kier alpha value is -1.22. The second-order valence-corrected chi connectivity index (χ2v) is 3.73. The average Bonchev–Trinajstić information content (AvgIpc) is 2.02. The van der Waals surface area contributed by atoms with Gasteiger partial charge in [-0.1, -0.05) is 28.1 Å². The molecule has 0 unspecified atom stereocenters. The normalized spacial score (nSPS) is 10.5. The third-order valence-corrected chi connectivity index (χ3v) is 2.59. The number of phenols is 1. The fourth-order valence-electron chi connectivity index (χ4n) is 1.38. The van der Waals surface area contributed by atoms with E-state index in [0.717, 1.165) is 15.2 Å². The highest BCUT2D eigenvalue weighted by molar-refractivity contribution is 9.10. The van der Waals surface area contributed by atoms with E-state index in [1.165, 1.54) is 0 Å². The zero-order valence-corrected chi connectivity index (χ0v) is 8.38. The highest BCUT2D eigenvalue weighted by Gasteiger charge is 2.04. The molecule has 0 fully saturated rings. The first-order valence-electron chi connectivity index (χ1n) is 3.85. The van der Waals surface area contributed by atoms with E-state index in [9.17, 15) is 5.11 Å². The molecule has 0 amide bonds. The number of nitrogen functional groups attached to an aromatic ring is 1. The van der Waals surface area contributed by atoms with Crippen molar-refractivity contribution in [1.82, 2.24) is 0 Å². The molecule has 0 spiro atoms. The van der Waals surface area contributed by atoms with Crippen molar-refractivity contribution in [3.8, 4) is 5.75 Å². The van der Waals surface area contributed by atoms with Gasteiger partial charge in [0.1, 0.15) is 5.75 Å². The Morgan fingerprint density at radius 1 is 1.23 bits per heavy atom. The summed E-state index contributed by atoms with van der Waals surface area (Å²) in [7, 11) is 0. The number of hydrogen-bond donors (Lipinski definition) is 2. The van der Waals surface area contributed by atoms with Gasteiger partial charge in [0.25, 0.3) is 0 Å². The molecule has 0 saturated heterocycles. The smallest absolute Gasteiger partial charge is 0.126 e. The fraction of sp³-hybridized carbons (Fsp3) is 0. The summed E-state index contributed by atoms with van der Waals surface area (Å²) in [4.78, 5) is 0. The lowest BCUT2D eigenvalue weighted by Crippen LogP contribution is -1.85. The van der Waals surface area contributed by atoms with Crippen LogP contribution in [0.15, 0.2) is 34.8 Å².